The highest BCUT2D eigenvalue weighted by molar-refractivity contribution is 7.71. The second-order valence-electron chi connectivity index (χ2n) is 6.12. The summed E-state index contributed by atoms with van der Waals surface area (Å²) in [5.74, 6) is 1.41. The lowest BCUT2D eigenvalue weighted by atomic mass is 9.96. The molecule has 1 saturated heterocycles. The Morgan fingerprint density at radius 2 is 1.96 bits per heavy atom. The van der Waals surface area contributed by atoms with Crippen LogP contribution in [-0.4, -0.2) is 38.8 Å². The first kappa shape index (κ1) is 15.1. The molecule has 2 N–H and O–H groups in total. The van der Waals surface area contributed by atoms with Crippen LogP contribution in [0.4, 0.5) is 0 Å². The molecule has 1 fully saturated rings. The Bertz CT molecular complexity index is 904. The molecule has 4 rings (SSSR count). The van der Waals surface area contributed by atoms with Gasteiger partial charge in [-0.3, -0.25) is 4.79 Å². The molecule has 5 nitrogen and oxygen atoms in total. The molecular formula is C18H18N4OS. The molecular weight excluding hydrogens is 320 g/mol. The SMILES string of the molecule is O=C(c1ccc[nH]c1=S)N1CCC(c2nc3ccccc3[nH]2)CC1. The van der Waals surface area contributed by atoms with Crippen molar-refractivity contribution in [1.29, 1.82) is 0 Å². The molecule has 0 radical (unpaired) electrons. The lowest BCUT2D eigenvalue weighted by molar-refractivity contribution is 0.0710. The van der Waals surface area contributed by atoms with Crippen LogP contribution in [0.15, 0.2) is 42.6 Å². The van der Waals surface area contributed by atoms with Crippen LogP contribution in [0.2, 0.25) is 0 Å². The normalized spacial score (nSPS) is 15.8. The Morgan fingerprint density at radius 1 is 1.17 bits per heavy atom. The van der Waals surface area contributed by atoms with E-state index in [1.807, 2.05) is 35.2 Å². The monoisotopic (exact) mass is 338 g/mol. The standard InChI is InChI=1S/C18H18N4OS/c23-18(13-4-3-9-19-17(13)24)22-10-7-12(8-11-22)16-20-14-5-1-2-6-15(14)21-16/h1-6,9,12H,7-8,10-11H2,(H,19,24)(H,20,21). The quantitative estimate of drug-likeness (QED) is 0.701. The molecule has 0 spiro atoms. The number of nitrogens with one attached hydrogen (secondary N) is 2. The molecule has 1 amide bonds. The topological polar surface area (TPSA) is 64.8 Å². The largest absolute Gasteiger partial charge is 0.352 e. The number of benzene rings is 1. The van der Waals surface area contributed by atoms with Crippen LogP contribution in [0.1, 0.15) is 34.9 Å². The van der Waals surface area contributed by atoms with E-state index in [0.717, 1.165) is 42.8 Å². The summed E-state index contributed by atoms with van der Waals surface area (Å²) in [5.41, 5.74) is 2.65. The van der Waals surface area contributed by atoms with Crippen molar-refractivity contribution in [2.24, 2.45) is 0 Å². The Labute approximate surface area is 144 Å². The highest BCUT2D eigenvalue weighted by Gasteiger charge is 2.26. The number of para-hydroxylation sites is 2. The number of hydrogen-bond donors (Lipinski definition) is 2. The predicted molar refractivity (Wildman–Crippen MR) is 95.6 cm³/mol. The van der Waals surface area contributed by atoms with Crippen molar-refractivity contribution in [2.45, 2.75) is 18.8 Å². The number of carbonyl (C=O) groups excluding carboxylic acids is 1. The Hall–Kier alpha value is -2.47. The Morgan fingerprint density at radius 3 is 2.71 bits per heavy atom. The van der Waals surface area contributed by atoms with Crippen molar-refractivity contribution < 1.29 is 4.79 Å². The number of likely N-dealkylation sites (tertiary alicyclic amines) is 1. The third-order valence-electron chi connectivity index (χ3n) is 4.63. The van der Waals surface area contributed by atoms with Crippen LogP contribution < -0.4 is 0 Å². The predicted octanol–water partition coefficient (Wildman–Crippen LogP) is 3.64. The number of aromatic nitrogens is 3. The van der Waals surface area contributed by atoms with Crippen LogP contribution in [0.5, 0.6) is 0 Å². The second kappa shape index (κ2) is 6.20. The summed E-state index contributed by atoms with van der Waals surface area (Å²) < 4.78 is 0.502. The van der Waals surface area contributed by atoms with Gasteiger partial charge in [0.2, 0.25) is 0 Å². The number of nitrogens with zero attached hydrogens (tertiary/aromatic N) is 2. The van der Waals surface area contributed by atoms with E-state index >= 15 is 0 Å². The maximum Gasteiger partial charge on any atom is 0.256 e. The van der Waals surface area contributed by atoms with Crippen molar-refractivity contribution >= 4 is 29.2 Å². The third kappa shape index (κ3) is 2.73. The molecule has 0 unspecified atom stereocenters. The first-order chi connectivity index (χ1) is 11.7. The molecule has 0 aliphatic carbocycles. The summed E-state index contributed by atoms with van der Waals surface area (Å²) in [7, 11) is 0. The molecule has 1 aliphatic rings. The summed E-state index contributed by atoms with van der Waals surface area (Å²) in [6.07, 6.45) is 3.57. The van der Waals surface area contributed by atoms with Gasteiger partial charge in [0.1, 0.15) is 10.5 Å². The average Bonchev–Trinajstić information content (AvgIpc) is 3.06. The van der Waals surface area contributed by atoms with Gasteiger partial charge in [-0.15, -0.1) is 0 Å². The lowest BCUT2D eigenvalue weighted by Crippen LogP contribution is -2.38. The molecule has 3 aromatic rings. The third-order valence-corrected chi connectivity index (χ3v) is 4.96. The molecule has 122 valence electrons. The molecule has 0 atom stereocenters. The number of fused-ring (bicyclic) bond motifs is 1. The molecule has 0 saturated carbocycles. The fraction of sp³-hybridized carbons (Fsp3) is 0.278. The lowest BCUT2D eigenvalue weighted by Gasteiger charge is -2.31. The molecule has 1 aliphatic heterocycles. The first-order valence-corrected chi connectivity index (χ1v) is 8.55. The van der Waals surface area contributed by atoms with Crippen LogP contribution >= 0.6 is 12.2 Å². The number of hydrogen-bond acceptors (Lipinski definition) is 3. The van der Waals surface area contributed by atoms with Gasteiger partial charge in [0.05, 0.1) is 16.6 Å². The highest BCUT2D eigenvalue weighted by atomic mass is 32.1. The molecule has 0 bridgehead atoms. The van der Waals surface area contributed by atoms with Gasteiger partial charge < -0.3 is 14.9 Å². The van der Waals surface area contributed by atoms with Crippen molar-refractivity contribution in [3.63, 3.8) is 0 Å². The number of carbonyl (C=O) groups is 1. The Kier molecular flexibility index (Phi) is 3.90. The summed E-state index contributed by atoms with van der Waals surface area (Å²) in [6, 6.07) is 11.7. The first-order valence-electron chi connectivity index (χ1n) is 8.14. The van der Waals surface area contributed by atoms with E-state index in [1.54, 1.807) is 12.3 Å². The number of imidazole rings is 1. The number of rotatable bonds is 2. The smallest absolute Gasteiger partial charge is 0.256 e. The number of aromatic amines is 2. The zero-order valence-electron chi connectivity index (χ0n) is 13.2. The minimum absolute atomic E-state index is 0.0138. The van der Waals surface area contributed by atoms with Gasteiger partial charge in [0.15, 0.2) is 0 Å². The van der Waals surface area contributed by atoms with Crippen molar-refractivity contribution in [3.8, 4) is 0 Å². The van der Waals surface area contributed by atoms with Crippen molar-refractivity contribution in [1.82, 2.24) is 19.9 Å². The maximum absolute atomic E-state index is 12.6. The number of piperidine rings is 1. The highest BCUT2D eigenvalue weighted by Crippen LogP contribution is 2.28. The molecule has 1 aromatic carbocycles. The number of amides is 1. The van der Waals surface area contributed by atoms with E-state index in [9.17, 15) is 4.79 Å². The minimum Gasteiger partial charge on any atom is -0.352 e. The summed E-state index contributed by atoms with van der Waals surface area (Å²) in [6.45, 7) is 1.45. The average molecular weight is 338 g/mol. The maximum atomic E-state index is 12.6. The van der Waals surface area contributed by atoms with E-state index in [0.29, 0.717) is 16.1 Å². The van der Waals surface area contributed by atoms with Gasteiger partial charge in [0, 0.05) is 25.2 Å². The van der Waals surface area contributed by atoms with E-state index < -0.39 is 0 Å². The Balaban J connectivity index is 1.47. The zero-order chi connectivity index (χ0) is 16.5. The zero-order valence-corrected chi connectivity index (χ0v) is 14.0. The molecule has 2 aromatic heterocycles. The van der Waals surface area contributed by atoms with E-state index in [4.69, 9.17) is 17.2 Å². The van der Waals surface area contributed by atoms with Gasteiger partial charge in [-0.05, 0) is 37.1 Å². The van der Waals surface area contributed by atoms with E-state index in [2.05, 4.69) is 9.97 Å². The van der Waals surface area contributed by atoms with Crippen LogP contribution in [0.3, 0.4) is 0 Å². The molecule has 6 heteroatoms. The van der Waals surface area contributed by atoms with Gasteiger partial charge >= 0.3 is 0 Å². The van der Waals surface area contributed by atoms with Gasteiger partial charge in [0.25, 0.3) is 5.91 Å². The molecule has 24 heavy (non-hydrogen) atoms. The van der Waals surface area contributed by atoms with Crippen molar-refractivity contribution in [2.75, 3.05) is 13.1 Å². The van der Waals surface area contributed by atoms with E-state index in [-0.39, 0.29) is 5.91 Å². The number of H-pyrrole nitrogens is 2. The van der Waals surface area contributed by atoms with Gasteiger partial charge in [-0.1, -0.05) is 24.4 Å². The molecule has 3 heterocycles. The van der Waals surface area contributed by atoms with Crippen LogP contribution in [-0.2, 0) is 0 Å². The van der Waals surface area contributed by atoms with E-state index in [1.165, 1.54) is 0 Å². The summed E-state index contributed by atoms with van der Waals surface area (Å²) >= 11 is 5.22. The fourth-order valence-electron chi connectivity index (χ4n) is 3.28. The summed E-state index contributed by atoms with van der Waals surface area (Å²) in [4.78, 5) is 25.5. The second-order valence-corrected chi connectivity index (χ2v) is 6.53. The van der Waals surface area contributed by atoms with Gasteiger partial charge in [-0.25, -0.2) is 4.98 Å². The van der Waals surface area contributed by atoms with Crippen LogP contribution in [0.25, 0.3) is 11.0 Å². The number of pyridine rings is 1. The fourth-order valence-corrected chi connectivity index (χ4v) is 3.51. The van der Waals surface area contributed by atoms with Crippen LogP contribution in [0, 0.1) is 4.64 Å². The summed E-state index contributed by atoms with van der Waals surface area (Å²) in [5, 5.41) is 0. The minimum atomic E-state index is 0.0138. The van der Waals surface area contributed by atoms with Gasteiger partial charge in [-0.2, -0.15) is 0 Å². The van der Waals surface area contributed by atoms with Crippen molar-refractivity contribution in [3.05, 3.63) is 58.6 Å².